The highest BCUT2D eigenvalue weighted by atomic mass is 16.5. The fourth-order valence-electron chi connectivity index (χ4n) is 2.86. The summed E-state index contributed by atoms with van der Waals surface area (Å²) >= 11 is 0. The van der Waals surface area contributed by atoms with E-state index in [0.29, 0.717) is 18.0 Å². The summed E-state index contributed by atoms with van der Waals surface area (Å²) in [7, 11) is 1.59. The Balaban J connectivity index is 2.39. The van der Waals surface area contributed by atoms with Gasteiger partial charge in [0, 0.05) is 18.5 Å². The summed E-state index contributed by atoms with van der Waals surface area (Å²) in [5, 5.41) is 7.59. The number of aromatic nitrogens is 2. The Hall–Kier alpha value is -1.36. The minimum Gasteiger partial charge on any atom is -0.493 e. The molecule has 1 aromatic heterocycles. The van der Waals surface area contributed by atoms with Gasteiger partial charge in [-0.15, -0.1) is 0 Å². The van der Waals surface area contributed by atoms with E-state index in [9.17, 15) is 4.79 Å². The van der Waals surface area contributed by atoms with E-state index in [1.165, 1.54) is 0 Å². The molecular formula is C14H23N3O2. The predicted molar refractivity (Wildman–Crippen MR) is 73.6 cm³/mol. The summed E-state index contributed by atoms with van der Waals surface area (Å²) in [6.45, 7) is 6.50. The van der Waals surface area contributed by atoms with Crippen molar-refractivity contribution in [3.05, 3.63) is 11.9 Å². The normalized spacial score (nSPS) is 23.3. The van der Waals surface area contributed by atoms with E-state index in [0.717, 1.165) is 32.4 Å². The molecule has 1 aromatic rings. The standard InChI is InChI=1S/C14H23N3O2/c1-4-14(7-6-8-15-10-14)13(18)12-11(19-3)9-16-17(12)5-2/h9,15H,4-8,10H2,1-3H3. The van der Waals surface area contributed by atoms with E-state index in [4.69, 9.17) is 4.74 Å². The van der Waals surface area contributed by atoms with Crippen molar-refractivity contribution in [3.63, 3.8) is 0 Å². The SMILES string of the molecule is CCn1ncc(OC)c1C(=O)C1(CC)CCCNC1. The Bertz CT molecular complexity index is 426. The van der Waals surface area contributed by atoms with Crippen molar-refractivity contribution < 1.29 is 9.53 Å². The van der Waals surface area contributed by atoms with Gasteiger partial charge in [0.25, 0.3) is 0 Å². The average Bonchev–Trinajstić information content (AvgIpc) is 2.89. The summed E-state index contributed by atoms with van der Waals surface area (Å²) in [5.41, 5.74) is 0.314. The van der Waals surface area contributed by atoms with E-state index in [1.54, 1.807) is 18.0 Å². The van der Waals surface area contributed by atoms with Crippen molar-refractivity contribution in [2.45, 2.75) is 39.7 Å². The first-order valence-corrected chi connectivity index (χ1v) is 7.04. The highest BCUT2D eigenvalue weighted by molar-refractivity contribution is 6.01. The maximum Gasteiger partial charge on any atom is 0.192 e. The number of Topliss-reactive ketones (excluding diaryl/α,β-unsaturated/α-hetero) is 1. The lowest BCUT2D eigenvalue weighted by Gasteiger charge is -2.35. The van der Waals surface area contributed by atoms with Crippen LogP contribution in [-0.4, -0.2) is 35.8 Å². The summed E-state index contributed by atoms with van der Waals surface area (Å²) < 4.78 is 7.05. The smallest absolute Gasteiger partial charge is 0.192 e. The summed E-state index contributed by atoms with van der Waals surface area (Å²) in [4.78, 5) is 13.0. The molecule has 0 amide bonds. The number of nitrogens with one attached hydrogen (secondary N) is 1. The quantitative estimate of drug-likeness (QED) is 0.826. The number of methoxy groups -OCH3 is 1. The molecule has 1 saturated heterocycles. The van der Waals surface area contributed by atoms with Gasteiger partial charge in [0.2, 0.25) is 0 Å². The Morgan fingerprint density at radius 1 is 1.58 bits per heavy atom. The third-order valence-corrected chi connectivity index (χ3v) is 4.17. The minimum atomic E-state index is -0.307. The molecule has 0 aromatic carbocycles. The topological polar surface area (TPSA) is 56.2 Å². The Labute approximate surface area is 114 Å². The Kier molecular flexibility index (Phi) is 4.24. The fourth-order valence-corrected chi connectivity index (χ4v) is 2.86. The molecule has 106 valence electrons. The molecule has 1 unspecified atom stereocenters. The number of carbonyl (C=O) groups is 1. The zero-order valence-electron chi connectivity index (χ0n) is 12.0. The summed E-state index contributed by atoms with van der Waals surface area (Å²) in [6, 6.07) is 0. The number of carbonyl (C=O) groups excluding carboxylic acids is 1. The predicted octanol–water partition coefficient (Wildman–Crippen LogP) is 1.87. The molecule has 2 rings (SSSR count). The maximum absolute atomic E-state index is 13.0. The number of ether oxygens (including phenoxy) is 1. The van der Waals surface area contributed by atoms with E-state index < -0.39 is 0 Å². The van der Waals surface area contributed by atoms with Crippen LogP contribution in [0.1, 0.15) is 43.6 Å². The molecule has 1 N–H and O–H groups in total. The number of rotatable bonds is 5. The molecular weight excluding hydrogens is 242 g/mol. The van der Waals surface area contributed by atoms with Crippen LogP contribution >= 0.6 is 0 Å². The fraction of sp³-hybridized carbons (Fsp3) is 0.714. The van der Waals surface area contributed by atoms with Crippen molar-refractivity contribution in [2.24, 2.45) is 5.41 Å². The van der Waals surface area contributed by atoms with E-state index in [-0.39, 0.29) is 11.2 Å². The minimum absolute atomic E-state index is 0.165. The molecule has 1 aliphatic rings. The van der Waals surface area contributed by atoms with E-state index >= 15 is 0 Å². The van der Waals surface area contributed by atoms with Crippen LogP contribution < -0.4 is 10.1 Å². The summed E-state index contributed by atoms with van der Waals surface area (Å²) in [5.74, 6) is 0.753. The molecule has 2 heterocycles. The van der Waals surface area contributed by atoms with Crippen LogP contribution in [0.3, 0.4) is 0 Å². The molecule has 0 saturated carbocycles. The molecule has 0 bridgehead atoms. The van der Waals surface area contributed by atoms with Gasteiger partial charge in [-0.3, -0.25) is 9.48 Å². The first kappa shape index (κ1) is 14.1. The molecule has 1 atom stereocenters. The highest BCUT2D eigenvalue weighted by Gasteiger charge is 2.41. The van der Waals surface area contributed by atoms with Gasteiger partial charge >= 0.3 is 0 Å². The second-order valence-corrected chi connectivity index (χ2v) is 5.12. The molecule has 5 nitrogen and oxygen atoms in total. The van der Waals surface area contributed by atoms with Crippen LogP contribution in [0, 0.1) is 5.41 Å². The monoisotopic (exact) mass is 265 g/mol. The van der Waals surface area contributed by atoms with Gasteiger partial charge in [-0.05, 0) is 32.7 Å². The molecule has 0 aliphatic carbocycles. The third-order valence-electron chi connectivity index (χ3n) is 4.17. The van der Waals surface area contributed by atoms with Crippen molar-refractivity contribution in [3.8, 4) is 5.75 Å². The second-order valence-electron chi connectivity index (χ2n) is 5.12. The van der Waals surface area contributed by atoms with Crippen LogP contribution in [0.4, 0.5) is 0 Å². The number of aryl methyl sites for hydroxylation is 1. The average molecular weight is 265 g/mol. The third kappa shape index (κ3) is 2.39. The number of piperidine rings is 1. The number of hydrogen-bond donors (Lipinski definition) is 1. The first-order chi connectivity index (χ1) is 9.18. The van der Waals surface area contributed by atoms with Gasteiger partial charge in [-0.25, -0.2) is 0 Å². The largest absolute Gasteiger partial charge is 0.493 e. The first-order valence-electron chi connectivity index (χ1n) is 7.04. The van der Waals surface area contributed by atoms with E-state index in [2.05, 4.69) is 17.3 Å². The van der Waals surface area contributed by atoms with Crippen LogP contribution in [0.15, 0.2) is 6.20 Å². The Morgan fingerprint density at radius 2 is 2.37 bits per heavy atom. The van der Waals surface area contributed by atoms with Gasteiger partial charge < -0.3 is 10.1 Å². The Morgan fingerprint density at radius 3 is 2.89 bits per heavy atom. The summed E-state index contributed by atoms with van der Waals surface area (Å²) in [6.07, 6.45) is 4.46. The van der Waals surface area contributed by atoms with Gasteiger partial charge in [0.05, 0.1) is 13.3 Å². The molecule has 19 heavy (non-hydrogen) atoms. The van der Waals surface area contributed by atoms with Gasteiger partial charge in [-0.2, -0.15) is 5.10 Å². The maximum atomic E-state index is 13.0. The van der Waals surface area contributed by atoms with E-state index in [1.807, 2.05) is 6.92 Å². The van der Waals surface area contributed by atoms with Gasteiger partial charge in [-0.1, -0.05) is 6.92 Å². The molecule has 0 radical (unpaired) electrons. The lowest BCUT2D eigenvalue weighted by Crippen LogP contribution is -2.45. The molecule has 1 fully saturated rings. The molecule has 1 aliphatic heterocycles. The highest BCUT2D eigenvalue weighted by Crippen LogP contribution is 2.36. The molecule has 5 heteroatoms. The van der Waals surface area contributed by atoms with Crippen molar-refractivity contribution in [1.82, 2.24) is 15.1 Å². The van der Waals surface area contributed by atoms with Crippen LogP contribution in [0.2, 0.25) is 0 Å². The number of nitrogens with zero attached hydrogens (tertiary/aromatic N) is 2. The zero-order valence-corrected chi connectivity index (χ0v) is 12.0. The number of ketones is 1. The lowest BCUT2D eigenvalue weighted by atomic mass is 9.73. The number of hydrogen-bond acceptors (Lipinski definition) is 4. The van der Waals surface area contributed by atoms with Crippen molar-refractivity contribution >= 4 is 5.78 Å². The van der Waals surface area contributed by atoms with Gasteiger partial charge in [0.15, 0.2) is 11.5 Å². The zero-order chi connectivity index (χ0) is 13.9. The van der Waals surface area contributed by atoms with Crippen LogP contribution in [0.25, 0.3) is 0 Å². The van der Waals surface area contributed by atoms with Crippen LogP contribution in [0.5, 0.6) is 5.75 Å². The van der Waals surface area contributed by atoms with Crippen LogP contribution in [-0.2, 0) is 6.54 Å². The van der Waals surface area contributed by atoms with Crippen molar-refractivity contribution in [2.75, 3.05) is 20.2 Å². The van der Waals surface area contributed by atoms with Gasteiger partial charge in [0.1, 0.15) is 5.69 Å². The lowest BCUT2D eigenvalue weighted by molar-refractivity contribution is 0.0715. The molecule has 0 spiro atoms. The van der Waals surface area contributed by atoms with Crippen molar-refractivity contribution in [1.29, 1.82) is 0 Å². The second kappa shape index (κ2) is 5.74.